The summed E-state index contributed by atoms with van der Waals surface area (Å²) in [6.07, 6.45) is 4.89. The molecule has 5 heteroatoms. The van der Waals surface area contributed by atoms with E-state index in [4.69, 9.17) is 0 Å². The fourth-order valence-electron chi connectivity index (χ4n) is 1.81. The minimum Gasteiger partial charge on any atom is -0.351 e. The molecule has 0 radical (unpaired) electrons. The molecule has 19 heavy (non-hydrogen) atoms. The Bertz CT molecular complexity index is 410. The molecule has 0 fully saturated rings. The van der Waals surface area contributed by atoms with Crippen LogP contribution in [-0.4, -0.2) is 12.5 Å². The maximum Gasteiger partial charge on any atom is 0.261 e. The molecule has 0 aliphatic heterocycles. The van der Waals surface area contributed by atoms with Crippen molar-refractivity contribution in [2.24, 2.45) is 5.41 Å². The lowest BCUT2D eigenvalue weighted by molar-refractivity contribution is 0.0938. The lowest BCUT2D eigenvalue weighted by atomic mass is 9.87. The maximum absolute atomic E-state index is 12.0. The van der Waals surface area contributed by atoms with Crippen molar-refractivity contribution in [1.29, 1.82) is 0 Å². The van der Waals surface area contributed by atoms with Gasteiger partial charge in [0.15, 0.2) is 0 Å². The Morgan fingerprint density at radius 3 is 2.58 bits per heavy atom. The van der Waals surface area contributed by atoms with Crippen molar-refractivity contribution in [2.75, 3.05) is 6.54 Å². The molecule has 0 spiro atoms. The van der Waals surface area contributed by atoms with E-state index in [1.807, 2.05) is 6.07 Å². The summed E-state index contributed by atoms with van der Waals surface area (Å²) in [5.74, 6) is 0.0139. The van der Waals surface area contributed by atoms with Crippen LogP contribution in [0.4, 0.5) is 0 Å². The Balaban J connectivity index is 2.45. The molecule has 1 rings (SSSR count). The highest BCUT2D eigenvalue weighted by atomic mass is 79.9. The quantitative estimate of drug-likeness (QED) is 0.581. The largest absolute Gasteiger partial charge is 0.351 e. The van der Waals surface area contributed by atoms with E-state index in [9.17, 15) is 4.79 Å². The Labute approximate surface area is 136 Å². The lowest BCUT2D eigenvalue weighted by Crippen LogP contribution is -2.33. The van der Waals surface area contributed by atoms with Crippen molar-refractivity contribution in [3.8, 4) is 0 Å². The number of rotatable bonds is 7. The van der Waals surface area contributed by atoms with E-state index < -0.39 is 0 Å². The van der Waals surface area contributed by atoms with Crippen LogP contribution in [0.15, 0.2) is 14.3 Å². The van der Waals surface area contributed by atoms with Crippen LogP contribution in [0.3, 0.4) is 0 Å². The normalized spacial score (nSPS) is 11.6. The van der Waals surface area contributed by atoms with Crippen LogP contribution < -0.4 is 5.32 Å². The van der Waals surface area contributed by atoms with E-state index in [0.717, 1.165) is 26.1 Å². The number of unbranched alkanes of at least 4 members (excludes halogenated alkanes) is 2. The molecule has 0 saturated heterocycles. The van der Waals surface area contributed by atoms with Crippen LogP contribution in [-0.2, 0) is 0 Å². The molecule has 1 heterocycles. The SMILES string of the molecule is CCCCCC(C)(C)CNC(=O)c1cc(Br)c(Br)s1. The van der Waals surface area contributed by atoms with Gasteiger partial charge in [-0.25, -0.2) is 0 Å². The summed E-state index contributed by atoms with van der Waals surface area (Å²) in [4.78, 5) is 12.8. The molecule has 0 aliphatic rings. The van der Waals surface area contributed by atoms with Crippen LogP contribution in [0.1, 0.15) is 56.1 Å². The van der Waals surface area contributed by atoms with Crippen molar-refractivity contribution in [3.05, 3.63) is 19.2 Å². The number of hydrogen-bond acceptors (Lipinski definition) is 2. The van der Waals surface area contributed by atoms with E-state index in [1.54, 1.807) is 0 Å². The monoisotopic (exact) mass is 409 g/mol. The third kappa shape index (κ3) is 5.96. The number of amides is 1. The van der Waals surface area contributed by atoms with Crippen LogP contribution >= 0.6 is 43.2 Å². The average molecular weight is 411 g/mol. The van der Waals surface area contributed by atoms with Gasteiger partial charge in [-0.05, 0) is 49.8 Å². The first kappa shape index (κ1) is 17.2. The summed E-state index contributed by atoms with van der Waals surface area (Å²) in [6.45, 7) is 7.36. The van der Waals surface area contributed by atoms with Gasteiger partial charge >= 0.3 is 0 Å². The van der Waals surface area contributed by atoms with Gasteiger partial charge in [0.2, 0.25) is 0 Å². The van der Waals surface area contributed by atoms with Gasteiger partial charge in [0.1, 0.15) is 0 Å². The van der Waals surface area contributed by atoms with Crippen molar-refractivity contribution in [1.82, 2.24) is 5.32 Å². The van der Waals surface area contributed by atoms with Crippen LogP contribution in [0, 0.1) is 5.41 Å². The zero-order chi connectivity index (χ0) is 14.5. The van der Waals surface area contributed by atoms with Gasteiger partial charge in [-0.2, -0.15) is 0 Å². The summed E-state index contributed by atoms with van der Waals surface area (Å²) in [6, 6.07) is 1.86. The fourth-order valence-corrected chi connectivity index (χ4v) is 3.76. The van der Waals surface area contributed by atoms with Crippen LogP contribution in [0.5, 0.6) is 0 Å². The smallest absolute Gasteiger partial charge is 0.261 e. The Morgan fingerprint density at radius 2 is 2.05 bits per heavy atom. The maximum atomic E-state index is 12.0. The van der Waals surface area contributed by atoms with E-state index in [0.29, 0.717) is 0 Å². The fraction of sp³-hybridized carbons (Fsp3) is 0.643. The molecular weight excluding hydrogens is 390 g/mol. The molecule has 0 saturated carbocycles. The van der Waals surface area contributed by atoms with Gasteiger partial charge in [0.25, 0.3) is 5.91 Å². The number of thiophene rings is 1. The van der Waals surface area contributed by atoms with Gasteiger partial charge < -0.3 is 5.32 Å². The van der Waals surface area contributed by atoms with Gasteiger partial charge in [-0.3, -0.25) is 4.79 Å². The topological polar surface area (TPSA) is 29.1 Å². The van der Waals surface area contributed by atoms with Gasteiger partial charge in [-0.15, -0.1) is 11.3 Å². The van der Waals surface area contributed by atoms with Crippen LogP contribution in [0.2, 0.25) is 0 Å². The number of halogens is 2. The van der Waals surface area contributed by atoms with Crippen molar-refractivity contribution < 1.29 is 4.79 Å². The summed E-state index contributed by atoms with van der Waals surface area (Å²) >= 11 is 8.26. The summed E-state index contributed by atoms with van der Waals surface area (Å²) in [5.41, 5.74) is 0.163. The first-order valence-corrected chi connectivity index (χ1v) is 8.99. The van der Waals surface area contributed by atoms with Crippen molar-refractivity contribution >= 4 is 49.1 Å². The zero-order valence-electron chi connectivity index (χ0n) is 11.7. The first-order chi connectivity index (χ1) is 8.85. The first-order valence-electron chi connectivity index (χ1n) is 6.59. The lowest BCUT2D eigenvalue weighted by Gasteiger charge is -2.24. The Hall–Kier alpha value is 0.130. The highest BCUT2D eigenvalue weighted by Crippen LogP contribution is 2.32. The molecule has 1 amide bonds. The number of carbonyl (C=O) groups excluding carboxylic acids is 1. The molecule has 0 atom stereocenters. The van der Waals surface area contributed by atoms with Crippen molar-refractivity contribution in [3.63, 3.8) is 0 Å². The van der Waals surface area contributed by atoms with Crippen LogP contribution in [0.25, 0.3) is 0 Å². The second kappa shape index (κ2) is 7.79. The average Bonchev–Trinajstić information content (AvgIpc) is 2.67. The molecule has 1 aromatic heterocycles. The molecular formula is C14H21Br2NOS. The molecule has 0 bridgehead atoms. The highest BCUT2D eigenvalue weighted by Gasteiger charge is 2.19. The molecule has 0 aliphatic carbocycles. The van der Waals surface area contributed by atoms with E-state index in [2.05, 4.69) is 57.9 Å². The summed E-state index contributed by atoms with van der Waals surface area (Å²) in [7, 11) is 0. The van der Waals surface area contributed by atoms with Gasteiger partial charge in [-0.1, -0.05) is 40.0 Å². The second-order valence-corrected chi connectivity index (χ2v) is 8.76. The molecule has 0 aromatic carbocycles. The molecule has 0 unspecified atom stereocenters. The predicted octanol–water partition coefficient (Wildman–Crippen LogP) is 5.61. The minimum absolute atomic E-state index is 0.0139. The molecule has 1 aromatic rings. The molecule has 1 N–H and O–H groups in total. The van der Waals surface area contributed by atoms with E-state index in [1.165, 1.54) is 30.6 Å². The summed E-state index contributed by atoms with van der Waals surface area (Å²) < 4.78 is 1.89. The third-order valence-electron chi connectivity index (χ3n) is 3.05. The second-order valence-electron chi connectivity index (χ2n) is 5.54. The highest BCUT2D eigenvalue weighted by molar-refractivity contribution is 9.13. The summed E-state index contributed by atoms with van der Waals surface area (Å²) in [5, 5.41) is 3.04. The van der Waals surface area contributed by atoms with Gasteiger partial charge in [0.05, 0.1) is 8.66 Å². The minimum atomic E-state index is 0.0139. The predicted molar refractivity (Wildman–Crippen MR) is 90.0 cm³/mol. The zero-order valence-corrected chi connectivity index (χ0v) is 15.7. The Morgan fingerprint density at radius 1 is 1.37 bits per heavy atom. The standard InChI is InChI=1S/C14H21Br2NOS/c1-4-5-6-7-14(2,3)9-17-13(18)11-8-10(15)12(16)19-11/h8H,4-7,9H2,1-3H3,(H,17,18). The Kier molecular flexibility index (Phi) is 7.05. The third-order valence-corrected chi connectivity index (χ3v) is 6.31. The van der Waals surface area contributed by atoms with Gasteiger partial charge in [0, 0.05) is 11.0 Å². The van der Waals surface area contributed by atoms with E-state index >= 15 is 0 Å². The van der Waals surface area contributed by atoms with Crippen molar-refractivity contribution in [2.45, 2.75) is 46.5 Å². The molecule has 2 nitrogen and oxygen atoms in total. The number of carbonyl (C=O) groups is 1. The number of nitrogens with one attached hydrogen (secondary N) is 1. The number of hydrogen-bond donors (Lipinski definition) is 1. The van der Waals surface area contributed by atoms with E-state index in [-0.39, 0.29) is 11.3 Å². The molecule has 108 valence electrons.